The Morgan fingerprint density at radius 3 is 2.50 bits per heavy atom. The van der Waals surface area contributed by atoms with Gasteiger partial charge in [0.1, 0.15) is 6.04 Å². The minimum absolute atomic E-state index is 0.252. The Morgan fingerprint density at radius 2 is 2.06 bits per heavy atom. The molecule has 0 fully saturated rings. The summed E-state index contributed by atoms with van der Waals surface area (Å²) in [5.74, 6) is -1.07. The molecule has 0 saturated heterocycles. The zero-order chi connectivity index (χ0) is 13.9. The summed E-state index contributed by atoms with van der Waals surface area (Å²) in [7, 11) is 0. The summed E-state index contributed by atoms with van der Waals surface area (Å²) < 4.78 is 37.7. The Bertz CT molecular complexity index is 432. The molecule has 0 heterocycles. The molecule has 0 radical (unpaired) electrons. The third-order valence-electron chi connectivity index (χ3n) is 2.67. The molecule has 0 aliphatic rings. The number of halogens is 3. The zero-order valence-corrected chi connectivity index (χ0v) is 10.0. The van der Waals surface area contributed by atoms with Crippen LogP contribution in [0.15, 0.2) is 24.3 Å². The van der Waals surface area contributed by atoms with Crippen molar-refractivity contribution in [2.75, 3.05) is 11.4 Å². The van der Waals surface area contributed by atoms with Gasteiger partial charge < -0.3 is 10.0 Å². The zero-order valence-electron chi connectivity index (χ0n) is 10.0. The second-order valence-electron chi connectivity index (χ2n) is 3.85. The summed E-state index contributed by atoms with van der Waals surface area (Å²) in [4.78, 5) is 12.3. The number of rotatable bonds is 4. The fourth-order valence-electron chi connectivity index (χ4n) is 1.67. The molecule has 0 bridgehead atoms. The van der Waals surface area contributed by atoms with E-state index in [1.807, 2.05) is 0 Å². The lowest BCUT2D eigenvalue weighted by atomic mass is 10.1. The Labute approximate surface area is 103 Å². The van der Waals surface area contributed by atoms with Crippen molar-refractivity contribution in [2.45, 2.75) is 26.1 Å². The van der Waals surface area contributed by atoms with Gasteiger partial charge in [0, 0.05) is 12.2 Å². The molecule has 1 unspecified atom stereocenters. The van der Waals surface area contributed by atoms with E-state index in [1.165, 1.54) is 24.0 Å². The van der Waals surface area contributed by atoms with Gasteiger partial charge in [-0.2, -0.15) is 13.2 Å². The summed E-state index contributed by atoms with van der Waals surface area (Å²) in [5.41, 5.74) is -0.529. The molecule has 0 aliphatic heterocycles. The average molecular weight is 261 g/mol. The predicted octanol–water partition coefficient (Wildman–Crippen LogP) is 3.00. The highest BCUT2D eigenvalue weighted by Gasteiger charge is 2.31. The van der Waals surface area contributed by atoms with E-state index in [4.69, 9.17) is 5.11 Å². The van der Waals surface area contributed by atoms with Crippen molar-refractivity contribution in [2.24, 2.45) is 0 Å². The molecule has 0 spiro atoms. The number of hydrogen-bond acceptors (Lipinski definition) is 2. The third-order valence-corrected chi connectivity index (χ3v) is 2.67. The van der Waals surface area contributed by atoms with Crippen molar-refractivity contribution in [1.82, 2.24) is 0 Å². The molecule has 0 aromatic heterocycles. The quantitative estimate of drug-likeness (QED) is 0.905. The summed E-state index contributed by atoms with van der Waals surface area (Å²) in [6.45, 7) is 3.45. The van der Waals surface area contributed by atoms with Crippen molar-refractivity contribution in [3.8, 4) is 0 Å². The molecule has 0 amide bonds. The van der Waals surface area contributed by atoms with Crippen molar-refractivity contribution < 1.29 is 23.1 Å². The highest BCUT2D eigenvalue weighted by molar-refractivity contribution is 5.77. The van der Waals surface area contributed by atoms with Gasteiger partial charge in [-0.3, -0.25) is 0 Å². The van der Waals surface area contributed by atoms with Crippen molar-refractivity contribution in [1.29, 1.82) is 0 Å². The van der Waals surface area contributed by atoms with E-state index in [0.717, 1.165) is 12.1 Å². The Kier molecular flexibility index (Phi) is 4.21. The number of hydrogen-bond donors (Lipinski definition) is 1. The third kappa shape index (κ3) is 3.15. The van der Waals surface area contributed by atoms with Crippen molar-refractivity contribution in [3.63, 3.8) is 0 Å². The number of aliphatic carboxylic acids is 1. The first-order valence-corrected chi connectivity index (χ1v) is 5.44. The van der Waals surface area contributed by atoms with Crippen LogP contribution in [0.4, 0.5) is 18.9 Å². The van der Waals surface area contributed by atoms with Gasteiger partial charge in [0.25, 0.3) is 0 Å². The van der Waals surface area contributed by atoms with Crippen LogP contribution in [0.1, 0.15) is 19.4 Å². The molecule has 18 heavy (non-hydrogen) atoms. The predicted molar refractivity (Wildman–Crippen MR) is 61.6 cm³/mol. The number of benzene rings is 1. The normalized spacial score (nSPS) is 13.2. The number of nitrogens with zero attached hydrogens (tertiary/aromatic N) is 1. The minimum Gasteiger partial charge on any atom is -0.480 e. The van der Waals surface area contributed by atoms with Crippen LogP contribution < -0.4 is 4.90 Å². The van der Waals surface area contributed by atoms with Gasteiger partial charge in [-0.1, -0.05) is 6.07 Å². The number of likely N-dealkylation sites (N-methyl/N-ethyl adjacent to an activating group) is 1. The number of anilines is 1. The number of carbonyl (C=O) groups is 1. The van der Waals surface area contributed by atoms with Crippen LogP contribution in [0.2, 0.25) is 0 Å². The largest absolute Gasteiger partial charge is 0.480 e. The highest BCUT2D eigenvalue weighted by atomic mass is 19.4. The van der Waals surface area contributed by atoms with E-state index >= 15 is 0 Å². The van der Waals surface area contributed by atoms with Crippen LogP contribution in [0.5, 0.6) is 0 Å². The smallest absolute Gasteiger partial charge is 0.416 e. The topological polar surface area (TPSA) is 40.5 Å². The summed E-state index contributed by atoms with van der Waals surface area (Å²) in [6, 6.07) is 3.79. The van der Waals surface area contributed by atoms with Crippen LogP contribution in [0.3, 0.4) is 0 Å². The summed E-state index contributed by atoms with van der Waals surface area (Å²) in [6.07, 6.45) is -4.43. The van der Waals surface area contributed by atoms with E-state index in [9.17, 15) is 18.0 Å². The van der Waals surface area contributed by atoms with E-state index in [0.29, 0.717) is 6.54 Å². The molecule has 1 rings (SSSR count). The first kappa shape index (κ1) is 14.3. The van der Waals surface area contributed by atoms with Gasteiger partial charge >= 0.3 is 12.1 Å². The second-order valence-corrected chi connectivity index (χ2v) is 3.85. The first-order valence-electron chi connectivity index (χ1n) is 5.44. The van der Waals surface area contributed by atoms with Gasteiger partial charge in [-0.05, 0) is 32.0 Å². The molecule has 0 aliphatic carbocycles. The van der Waals surface area contributed by atoms with E-state index < -0.39 is 23.8 Å². The fraction of sp³-hybridized carbons (Fsp3) is 0.417. The Balaban J connectivity index is 3.11. The standard InChI is InChI=1S/C12H14F3NO2/c1-3-16(8(2)11(17)18)10-6-4-5-9(7-10)12(13,14)15/h4-8H,3H2,1-2H3,(H,17,18). The van der Waals surface area contributed by atoms with Gasteiger partial charge in [0.15, 0.2) is 0 Å². The average Bonchev–Trinajstić information content (AvgIpc) is 2.29. The van der Waals surface area contributed by atoms with Gasteiger partial charge in [-0.25, -0.2) is 4.79 Å². The molecule has 1 aromatic rings. The Hall–Kier alpha value is -1.72. The Morgan fingerprint density at radius 1 is 1.44 bits per heavy atom. The number of alkyl halides is 3. The molecular weight excluding hydrogens is 247 g/mol. The van der Waals surface area contributed by atoms with Gasteiger partial charge in [0.05, 0.1) is 5.56 Å². The molecule has 3 nitrogen and oxygen atoms in total. The first-order chi connectivity index (χ1) is 8.27. The maximum atomic E-state index is 12.6. The van der Waals surface area contributed by atoms with Crippen LogP contribution in [0.25, 0.3) is 0 Å². The monoisotopic (exact) mass is 261 g/mol. The lowest BCUT2D eigenvalue weighted by Crippen LogP contribution is -2.39. The van der Waals surface area contributed by atoms with E-state index in [-0.39, 0.29) is 5.69 Å². The van der Waals surface area contributed by atoms with Crippen molar-refractivity contribution in [3.05, 3.63) is 29.8 Å². The molecule has 1 aromatic carbocycles. The molecule has 6 heteroatoms. The van der Waals surface area contributed by atoms with E-state index in [2.05, 4.69) is 0 Å². The SMILES string of the molecule is CCN(c1cccc(C(F)(F)F)c1)C(C)C(=O)O. The van der Waals surface area contributed by atoms with Crippen molar-refractivity contribution >= 4 is 11.7 Å². The van der Waals surface area contributed by atoms with Gasteiger partial charge in [-0.15, -0.1) is 0 Å². The van der Waals surface area contributed by atoms with Crippen LogP contribution in [-0.4, -0.2) is 23.7 Å². The minimum atomic E-state index is -4.43. The van der Waals surface area contributed by atoms with Crippen LogP contribution >= 0.6 is 0 Å². The summed E-state index contributed by atoms with van der Waals surface area (Å²) >= 11 is 0. The summed E-state index contributed by atoms with van der Waals surface area (Å²) in [5, 5.41) is 8.91. The molecule has 1 N–H and O–H groups in total. The molecule has 100 valence electrons. The van der Waals surface area contributed by atoms with E-state index in [1.54, 1.807) is 6.92 Å². The number of carboxylic acid groups (broad SMARTS) is 1. The number of carboxylic acids is 1. The maximum absolute atomic E-state index is 12.6. The van der Waals surface area contributed by atoms with Crippen LogP contribution in [-0.2, 0) is 11.0 Å². The second kappa shape index (κ2) is 5.29. The fourth-order valence-corrected chi connectivity index (χ4v) is 1.67. The van der Waals surface area contributed by atoms with Crippen LogP contribution in [0, 0.1) is 0 Å². The maximum Gasteiger partial charge on any atom is 0.416 e. The highest BCUT2D eigenvalue weighted by Crippen LogP contribution is 2.32. The molecular formula is C12H14F3NO2. The molecule has 0 saturated carbocycles. The molecule has 1 atom stereocenters. The van der Waals surface area contributed by atoms with Gasteiger partial charge in [0.2, 0.25) is 0 Å². The lowest BCUT2D eigenvalue weighted by Gasteiger charge is -2.27. The lowest BCUT2D eigenvalue weighted by molar-refractivity contribution is -0.138.